The summed E-state index contributed by atoms with van der Waals surface area (Å²) in [5.74, 6) is -3.32. The first-order valence-corrected chi connectivity index (χ1v) is 7.41. The van der Waals surface area contributed by atoms with Gasteiger partial charge in [0.2, 0.25) is 5.91 Å². The van der Waals surface area contributed by atoms with Crippen LogP contribution >= 0.6 is 0 Å². The Labute approximate surface area is 132 Å². The molecule has 1 amide bonds. The van der Waals surface area contributed by atoms with E-state index in [0.29, 0.717) is 0 Å². The fraction of sp³-hybridized carbons (Fsp3) is 0.500. The average Bonchev–Trinajstić information content (AvgIpc) is 2.47. The Morgan fingerprint density at radius 3 is 2.43 bits per heavy atom. The molecule has 1 heterocycles. The number of benzene rings is 1. The third-order valence-electron chi connectivity index (χ3n) is 4.32. The van der Waals surface area contributed by atoms with Crippen LogP contribution in [0.25, 0.3) is 0 Å². The number of aliphatic hydroxyl groups is 1. The molecule has 1 atom stereocenters. The molecule has 7 heteroatoms. The number of hydrogen-bond acceptors (Lipinski definition) is 3. The van der Waals surface area contributed by atoms with Gasteiger partial charge in [0.1, 0.15) is 11.6 Å². The average molecular weight is 327 g/mol. The van der Waals surface area contributed by atoms with Crippen LogP contribution in [0.1, 0.15) is 37.7 Å². The van der Waals surface area contributed by atoms with Gasteiger partial charge >= 0.3 is 5.97 Å². The molecule has 2 rings (SSSR count). The van der Waals surface area contributed by atoms with Gasteiger partial charge in [-0.3, -0.25) is 4.79 Å². The molecule has 1 aliphatic rings. The summed E-state index contributed by atoms with van der Waals surface area (Å²) in [6.07, 6.45) is -0.0330. The van der Waals surface area contributed by atoms with E-state index >= 15 is 0 Å². The maximum atomic E-state index is 13.7. The first-order chi connectivity index (χ1) is 10.7. The number of carboxylic acid groups (broad SMARTS) is 1. The lowest BCUT2D eigenvalue weighted by atomic mass is 9.90. The number of likely N-dealkylation sites (tertiary alicyclic amines) is 1. The van der Waals surface area contributed by atoms with Gasteiger partial charge in [0.05, 0.1) is 0 Å². The van der Waals surface area contributed by atoms with E-state index in [9.17, 15) is 23.5 Å². The van der Waals surface area contributed by atoms with Crippen molar-refractivity contribution in [3.8, 4) is 0 Å². The second-order valence-corrected chi connectivity index (χ2v) is 5.99. The molecule has 1 saturated heterocycles. The number of amides is 1. The second-order valence-electron chi connectivity index (χ2n) is 5.99. The molecule has 126 valence electrons. The Hall–Kier alpha value is -2.02. The molecule has 5 nitrogen and oxygen atoms in total. The van der Waals surface area contributed by atoms with E-state index in [4.69, 9.17) is 5.11 Å². The topological polar surface area (TPSA) is 77.8 Å². The molecule has 1 aromatic rings. The summed E-state index contributed by atoms with van der Waals surface area (Å²) in [4.78, 5) is 24.7. The first kappa shape index (κ1) is 17.3. The molecule has 0 saturated carbocycles. The normalized spacial score (nSPS) is 18.5. The van der Waals surface area contributed by atoms with Gasteiger partial charge in [0.25, 0.3) is 0 Å². The van der Waals surface area contributed by atoms with Crippen LogP contribution in [0.4, 0.5) is 8.78 Å². The van der Waals surface area contributed by atoms with E-state index in [-0.39, 0.29) is 43.8 Å². The van der Waals surface area contributed by atoms with Crippen molar-refractivity contribution in [1.82, 2.24) is 4.90 Å². The molecular formula is C16H19F2NO4. The number of rotatable bonds is 4. The Morgan fingerprint density at radius 2 is 1.91 bits per heavy atom. The number of carbonyl (C=O) groups excluding carboxylic acids is 1. The fourth-order valence-electron chi connectivity index (χ4n) is 2.74. The summed E-state index contributed by atoms with van der Waals surface area (Å²) < 4.78 is 26.6. The molecule has 0 bridgehead atoms. The molecule has 2 N–H and O–H groups in total. The van der Waals surface area contributed by atoms with Gasteiger partial charge in [0, 0.05) is 38.4 Å². The molecule has 23 heavy (non-hydrogen) atoms. The fourth-order valence-corrected chi connectivity index (χ4v) is 2.74. The minimum Gasteiger partial charge on any atom is -0.479 e. The lowest BCUT2D eigenvalue weighted by molar-refractivity contribution is -0.165. The van der Waals surface area contributed by atoms with Crippen LogP contribution in [0.5, 0.6) is 0 Å². The minimum atomic E-state index is -1.79. The second kappa shape index (κ2) is 6.62. The maximum Gasteiger partial charge on any atom is 0.335 e. The number of piperidine rings is 1. The minimum absolute atomic E-state index is 0.0344. The van der Waals surface area contributed by atoms with Crippen LogP contribution in [0, 0.1) is 11.6 Å². The summed E-state index contributed by atoms with van der Waals surface area (Å²) in [6.45, 7) is 1.95. The SMILES string of the molecule is CC(CC(=O)N1CCC(O)(C(=O)O)CC1)c1ccc(F)cc1F. The maximum absolute atomic E-state index is 13.7. The highest BCUT2D eigenvalue weighted by molar-refractivity contribution is 5.80. The molecule has 1 aromatic carbocycles. The Morgan fingerprint density at radius 1 is 1.30 bits per heavy atom. The predicted octanol–water partition coefficient (Wildman–Crippen LogP) is 1.90. The van der Waals surface area contributed by atoms with Gasteiger partial charge in [-0.1, -0.05) is 13.0 Å². The Bertz CT molecular complexity index is 612. The monoisotopic (exact) mass is 327 g/mol. The van der Waals surface area contributed by atoms with E-state index in [1.165, 1.54) is 11.0 Å². The van der Waals surface area contributed by atoms with Crippen molar-refractivity contribution in [2.75, 3.05) is 13.1 Å². The van der Waals surface area contributed by atoms with E-state index < -0.39 is 29.1 Å². The van der Waals surface area contributed by atoms with E-state index in [0.717, 1.165) is 12.1 Å². The van der Waals surface area contributed by atoms with Crippen LogP contribution in [0.15, 0.2) is 18.2 Å². The number of carbonyl (C=O) groups is 2. The predicted molar refractivity (Wildman–Crippen MR) is 77.8 cm³/mol. The molecule has 1 aliphatic heterocycles. The quantitative estimate of drug-likeness (QED) is 0.885. The van der Waals surface area contributed by atoms with Gasteiger partial charge in [-0.05, 0) is 17.5 Å². The van der Waals surface area contributed by atoms with Gasteiger partial charge in [0.15, 0.2) is 5.60 Å². The number of halogens is 2. The van der Waals surface area contributed by atoms with Crippen molar-refractivity contribution in [2.24, 2.45) is 0 Å². The van der Waals surface area contributed by atoms with Crippen molar-refractivity contribution < 1.29 is 28.6 Å². The summed E-state index contributed by atoms with van der Waals surface area (Å²) in [6, 6.07) is 3.25. The highest BCUT2D eigenvalue weighted by Gasteiger charge is 2.40. The van der Waals surface area contributed by atoms with E-state index in [2.05, 4.69) is 0 Å². The smallest absolute Gasteiger partial charge is 0.335 e. The van der Waals surface area contributed by atoms with Crippen LogP contribution in [-0.2, 0) is 9.59 Å². The van der Waals surface area contributed by atoms with Crippen molar-refractivity contribution >= 4 is 11.9 Å². The summed E-state index contributed by atoms with van der Waals surface area (Å²) in [7, 11) is 0. The van der Waals surface area contributed by atoms with E-state index in [1.807, 2.05) is 0 Å². The van der Waals surface area contributed by atoms with Crippen LogP contribution in [0.3, 0.4) is 0 Å². The number of aliphatic carboxylic acids is 1. The van der Waals surface area contributed by atoms with Crippen LogP contribution < -0.4 is 0 Å². The van der Waals surface area contributed by atoms with Crippen molar-refractivity contribution in [3.63, 3.8) is 0 Å². The first-order valence-electron chi connectivity index (χ1n) is 7.41. The Kier molecular flexibility index (Phi) is 4.99. The third kappa shape index (κ3) is 3.85. The molecule has 1 unspecified atom stereocenters. The number of nitrogens with zero attached hydrogens (tertiary/aromatic N) is 1. The largest absolute Gasteiger partial charge is 0.479 e. The molecule has 0 aromatic heterocycles. The number of carboxylic acids is 1. The molecule has 0 spiro atoms. The zero-order valence-corrected chi connectivity index (χ0v) is 12.8. The standard InChI is InChI=1S/C16H19F2NO4/c1-10(12-3-2-11(17)9-13(12)18)8-14(20)19-6-4-16(23,5-7-19)15(21)22/h2-3,9-10,23H,4-8H2,1H3,(H,21,22). The number of hydrogen-bond donors (Lipinski definition) is 2. The van der Waals surface area contributed by atoms with Gasteiger partial charge in [-0.2, -0.15) is 0 Å². The molecule has 0 aliphatic carbocycles. The van der Waals surface area contributed by atoms with Gasteiger partial charge < -0.3 is 15.1 Å². The lowest BCUT2D eigenvalue weighted by Gasteiger charge is -2.35. The van der Waals surface area contributed by atoms with Crippen LogP contribution in [-0.4, -0.2) is 45.7 Å². The molecule has 0 radical (unpaired) electrons. The Balaban J connectivity index is 1.96. The lowest BCUT2D eigenvalue weighted by Crippen LogP contribution is -2.51. The van der Waals surface area contributed by atoms with Crippen molar-refractivity contribution in [2.45, 2.75) is 37.7 Å². The summed E-state index contributed by atoms with van der Waals surface area (Å²) >= 11 is 0. The van der Waals surface area contributed by atoms with E-state index in [1.54, 1.807) is 6.92 Å². The summed E-state index contributed by atoms with van der Waals surface area (Å²) in [5.41, 5.74) is -1.52. The van der Waals surface area contributed by atoms with Crippen LogP contribution in [0.2, 0.25) is 0 Å². The molecule has 1 fully saturated rings. The zero-order chi connectivity index (χ0) is 17.2. The summed E-state index contributed by atoms with van der Waals surface area (Å²) in [5, 5.41) is 18.8. The van der Waals surface area contributed by atoms with Gasteiger partial charge in [-0.25, -0.2) is 13.6 Å². The third-order valence-corrected chi connectivity index (χ3v) is 4.32. The molecular weight excluding hydrogens is 308 g/mol. The highest BCUT2D eigenvalue weighted by atomic mass is 19.1. The van der Waals surface area contributed by atoms with Gasteiger partial charge in [-0.15, -0.1) is 0 Å². The highest BCUT2D eigenvalue weighted by Crippen LogP contribution is 2.26. The van der Waals surface area contributed by atoms with Crippen molar-refractivity contribution in [1.29, 1.82) is 0 Å². The van der Waals surface area contributed by atoms with Crippen molar-refractivity contribution in [3.05, 3.63) is 35.4 Å². The zero-order valence-electron chi connectivity index (χ0n) is 12.8.